The third kappa shape index (κ3) is 3.42. The zero-order valence-electron chi connectivity index (χ0n) is 11.6. The van der Waals surface area contributed by atoms with Crippen LogP contribution in [0.3, 0.4) is 0 Å². The summed E-state index contributed by atoms with van der Waals surface area (Å²) in [7, 11) is -3.24. The van der Waals surface area contributed by atoms with Gasteiger partial charge in [-0.1, -0.05) is 30.3 Å². The third-order valence-corrected chi connectivity index (χ3v) is 6.20. The Kier molecular flexibility index (Phi) is 4.23. The molecule has 1 aromatic heterocycles. The molecule has 21 heavy (non-hydrogen) atoms. The molecule has 0 atom stereocenters. The van der Waals surface area contributed by atoms with Crippen molar-refractivity contribution in [3.63, 3.8) is 0 Å². The summed E-state index contributed by atoms with van der Waals surface area (Å²) in [6, 6.07) is 9.33. The summed E-state index contributed by atoms with van der Waals surface area (Å²) < 4.78 is 26.5. The standard InChI is InChI=1S/C14H17N3O2S2/c18-21(19,12-13-4-2-1-3-5-13)17-9-7-16(8-10-17)14-15-6-11-20-14/h1-6,11H,7-10,12H2. The molecular weight excluding hydrogens is 306 g/mol. The van der Waals surface area contributed by atoms with E-state index < -0.39 is 10.0 Å². The fraction of sp³-hybridized carbons (Fsp3) is 0.357. The van der Waals surface area contributed by atoms with Gasteiger partial charge in [-0.05, 0) is 5.56 Å². The van der Waals surface area contributed by atoms with E-state index in [0.29, 0.717) is 26.2 Å². The van der Waals surface area contributed by atoms with Gasteiger partial charge in [-0.25, -0.2) is 13.4 Å². The molecule has 1 aliphatic rings. The second-order valence-corrected chi connectivity index (χ2v) is 7.78. The van der Waals surface area contributed by atoms with Crippen molar-refractivity contribution in [1.29, 1.82) is 0 Å². The quantitative estimate of drug-likeness (QED) is 0.861. The number of piperazine rings is 1. The number of rotatable bonds is 4. The van der Waals surface area contributed by atoms with Gasteiger partial charge in [0.25, 0.3) is 0 Å². The van der Waals surface area contributed by atoms with Gasteiger partial charge in [-0.2, -0.15) is 4.31 Å². The van der Waals surface area contributed by atoms with Crippen LogP contribution in [0.4, 0.5) is 5.13 Å². The number of sulfonamides is 1. The van der Waals surface area contributed by atoms with Gasteiger partial charge < -0.3 is 4.90 Å². The van der Waals surface area contributed by atoms with Crippen LogP contribution in [-0.2, 0) is 15.8 Å². The molecule has 1 aliphatic heterocycles. The van der Waals surface area contributed by atoms with Gasteiger partial charge in [0.15, 0.2) is 5.13 Å². The van der Waals surface area contributed by atoms with E-state index in [-0.39, 0.29) is 5.75 Å². The Bertz CT molecular complexity index is 664. The predicted octanol–water partition coefficient (Wildman–Crippen LogP) is 1.80. The maximum atomic E-state index is 12.4. The van der Waals surface area contributed by atoms with E-state index in [2.05, 4.69) is 9.88 Å². The van der Waals surface area contributed by atoms with Crippen LogP contribution in [0, 0.1) is 0 Å². The van der Waals surface area contributed by atoms with Crippen LogP contribution in [0.15, 0.2) is 41.9 Å². The molecule has 0 amide bonds. The van der Waals surface area contributed by atoms with Gasteiger partial charge in [-0.15, -0.1) is 11.3 Å². The number of aromatic nitrogens is 1. The second-order valence-electron chi connectivity index (χ2n) is 4.94. The molecule has 0 unspecified atom stereocenters. The van der Waals surface area contributed by atoms with Gasteiger partial charge in [0.1, 0.15) is 0 Å². The number of thiazole rings is 1. The molecule has 3 rings (SSSR count). The summed E-state index contributed by atoms with van der Waals surface area (Å²) in [4.78, 5) is 6.41. The molecule has 0 spiro atoms. The molecular formula is C14H17N3O2S2. The van der Waals surface area contributed by atoms with Crippen molar-refractivity contribution < 1.29 is 8.42 Å². The van der Waals surface area contributed by atoms with Crippen molar-refractivity contribution in [2.75, 3.05) is 31.1 Å². The highest BCUT2D eigenvalue weighted by Crippen LogP contribution is 2.20. The van der Waals surface area contributed by atoms with E-state index in [1.807, 2.05) is 35.7 Å². The lowest BCUT2D eigenvalue weighted by atomic mass is 10.2. The molecule has 2 heterocycles. The Morgan fingerprint density at radius 3 is 2.43 bits per heavy atom. The lowest BCUT2D eigenvalue weighted by Gasteiger charge is -2.33. The van der Waals surface area contributed by atoms with Crippen LogP contribution in [0.2, 0.25) is 0 Å². The Morgan fingerprint density at radius 1 is 1.10 bits per heavy atom. The van der Waals surface area contributed by atoms with Crippen molar-refractivity contribution in [2.45, 2.75) is 5.75 Å². The van der Waals surface area contributed by atoms with Crippen LogP contribution >= 0.6 is 11.3 Å². The van der Waals surface area contributed by atoms with E-state index >= 15 is 0 Å². The van der Waals surface area contributed by atoms with Crippen molar-refractivity contribution in [2.24, 2.45) is 0 Å². The van der Waals surface area contributed by atoms with Crippen LogP contribution in [0.1, 0.15) is 5.56 Å². The molecule has 0 N–H and O–H groups in total. The number of hydrogen-bond donors (Lipinski definition) is 0. The lowest BCUT2D eigenvalue weighted by molar-refractivity contribution is 0.384. The minimum absolute atomic E-state index is 0.0745. The Labute approximate surface area is 128 Å². The first-order valence-electron chi connectivity index (χ1n) is 6.81. The highest BCUT2D eigenvalue weighted by Gasteiger charge is 2.27. The van der Waals surface area contributed by atoms with Gasteiger partial charge in [-0.3, -0.25) is 0 Å². The summed E-state index contributed by atoms with van der Waals surface area (Å²) in [6.45, 7) is 2.44. The Balaban J connectivity index is 1.63. The fourth-order valence-corrected chi connectivity index (χ4v) is 4.62. The fourth-order valence-electron chi connectivity index (χ4n) is 2.41. The molecule has 2 aromatic rings. The average molecular weight is 323 g/mol. The Hall–Kier alpha value is -1.44. The SMILES string of the molecule is O=S(=O)(Cc1ccccc1)N1CCN(c2nccs2)CC1. The minimum atomic E-state index is -3.24. The van der Waals surface area contributed by atoms with E-state index in [1.54, 1.807) is 21.8 Å². The van der Waals surface area contributed by atoms with Crippen LogP contribution in [0.25, 0.3) is 0 Å². The molecule has 0 bridgehead atoms. The zero-order valence-corrected chi connectivity index (χ0v) is 13.2. The molecule has 1 aromatic carbocycles. The summed E-state index contributed by atoms with van der Waals surface area (Å²) in [5.74, 6) is 0.0745. The third-order valence-electron chi connectivity index (χ3n) is 3.51. The van der Waals surface area contributed by atoms with Gasteiger partial charge in [0.05, 0.1) is 5.75 Å². The zero-order chi connectivity index (χ0) is 14.7. The number of nitrogens with zero attached hydrogens (tertiary/aromatic N) is 3. The lowest BCUT2D eigenvalue weighted by Crippen LogP contribution is -2.49. The van der Waals surface area contributed by atoms with E-state index in [0.717, 1.165) is 10.7 Å². The minimum Gasteiger partial charge on any atom is -0.345 e. The smallest absolute Gasteiger partial charge is 0.218 e. The molecule has 0 aliphatic carbocycles. The van der Waals surface area contributed by atoms with Gasteiger partial charge >= 0.3 is 0 Å². The van der Waals surface area contributed by atoms with Crippen LogP contribution in [-0.4, -0.2) is 43.9 Å². The molecule has 5 nitrogen and oxygen atoms in total. The summed E-state index contributed by atoms with van der Waals surface area (Å²) in [6.07, 6.45) is 1.78. The van der Waals surface area contributed by atoms with Gasteiger partial charge in [0.2, 0.25) is 10.0 Å². The summed E-state index contributed by atoms with van der Waals surface area (Å²) in [5, 5.41) is 2.91. The van der Waals surface area contributed by atoms with Crippen LogP contribution < -0.4 is 4.90 Å². The molecule has 1 saturated heterocycles. The first-order chi connectivity index (χ1) is 10.1. The highest BCUT2D eigenvalue weighted by atomic mass is 32.2. The van der Waals surface area contributed by atoms with Crippen molar-refractivity contribution >= 4 is 26.5 Å². The summed E-state index contributed by atoms with van der Waals surface area (Å²) >= 11 is 1.59. The summed E-state index contributed by atoms with van der Waals surface area (Å²) in [5.41, 5.74) is 0.833. The Morgan fingerprint density at radius 2 is 1.81 bits per heavy atom. The first kappa shape index (κ1) is 14.5. The normalized spacial score (nSPS) is 17.0. The maximum absolute atomic E-state index is 12.4. The molecule has 0 saturated carbocycles. The van der Waals surface area contributed by atoms with Crippen molar-refractivity contribution in [3.8, 4) is 0 Å². The maximum Gasteiger partial charge on any atom is 0.218 e. The second kappa shape index (κ2) is 6.13. The monoisotopic (exact) mass is 323 g/mol. The van der Waals surface area contributed by atoms with E-state index in [4.69, 9.17) is 0 Å². The topological polar surface area (TPSA) is 53.5 Å². The van der Waals surface area contributed by atoms with E-state index in [9.17, 15) is 8.42 Å². The largest absolute Gasteiger partial charge is 0.345 e. The van der Waals surface area contributed by atoms with Crippen molar-refractivity contribution in [1.82, 2.24) is 9.29 Å². The number of benzene rings is 1. The van der Waals surface area contributed by atoms with E-state index in [1.165, 1.54) is 0 Å². The van der Waals surface area contributed by atoms with Crippen LogP contribution in [0.5, 0.6) is 0 Å². The highest BCUT2D eigenvalue weighted by molar-refractivity contribution is 7.88. The van der Waals surface area contributed by atoms with Crippen molar-refractivity contribution in [3.05, 3.63) is 47.5 Å². The number of anilines is 1. The average Bonchev–Trinajstić information content (AvgIpc) is 3.02. The predicted molar refractivity (Wildman–Crippen MR) is 85.0 cm³/mol. The molecule has 1 fully saturated rings. The molecule has 7 heteroatoms. The van der Waals surface area contributed by atoms with Gasteiger partial charge in [0, 0.05) is 37.8 Å². The number of hydrogen-bond acceptors (Lipinski definition) is 5. The molecule has 0 radical (unpaired) electrons. The molecule has 112 valence electrons. The first-order valence-corrected chi connectivity index (χ1v) is 9.30.